The van der Waals surface area contributed by atoms with Crippen molar-refractivity contribution in [2.24, 2.45) is 5.92 Å². The molecule has 1 rings (SSSR count). The molecule has 128 valence electrons. The molecule has 0 aromatic heterocycles. The number of aliphatic hydroxyl groups excluding tert-OH is 1. The smallest absolute Gasteiger partial charge is 0.243 e. The van der Waals surface area contributed by atoms with Gasteiger partial charge in [0, 0.05) is 13.0 Å². The predicted molar refractivity (Wildman–Crippen MR) is 86.0 cm³/mol. The van der Waals surface area contributed by atoms with E-state index < -0.39 is 12.1 Å². The molecule has 0 aliphatic carbocycles. The number of rotatable bonds is 7. The second-order valence-corrected chi connectivity index (χ2v) is 6.13. The minimum atomic E-state index is -0.802. The maximum absolute atomic E-state index is 12.9. The fourth-order valence-corrected chi connectivity index (χ4v) is 2.30. The van der Waals surface area contributed by atoms with Crippen LogP contribution in [-0.4, -0.2) is 29.0 Å². The van der Waals surface area contributed by atoms with Crippen molar-refractivity contribution < 1.29 is 19.1 Å². The largest absolute Gasteiger partial charge is 0.388 e. The summed E-state index contributed by atoms with van der Waals surface area (Å²) in [7, 11) is 0. The molecular formula is C17H25FN2O3. The average Bonchev–Trinajstić information content (AvgIpc) is 2.44. The minimum Gasteiger partial charge on any atom is -0.388 e. The summed E-state index contributed by atoms with van der Waals surface area (Å²) in [6.45, 7) is 6.83. The molecule has 1 aromatic carbocycles. The van der Waals surface area contributed by atoms with Gasteiger partial charge in [-0.05, 0) is 37.0 Å². The molecule has 0 aliphatic rings. The van der Waals surface area contributed by atoms with Gasteiger partial charge in [0.05, 0.1) is 6.10 Å². The molecular weight excluding hydrogens is 299 g/mol. The molecule has 23 heavy (non-hydrogen) atoms. The number of hydrogen-bond donors (Lipinski definition) is 3. The predicted octanol–water partition coefficient (Wildman–Crippen LogP) is 1.91. The maximum Gasteiger partial charge on any atom is 0.243 e. The molecule has 0 radical (unpaired) electrons. The van der Waals surface area contributed by atoms with Gasteiger partial charge in [-0.3, -0.25) is 9.59 Å². The van der Waals surface area contributed by atoms with Gasteiger partial charge in [-0.2, -0.15) is 0 Å². The highest BCUT2D eigenvalue weighted by atomic mass is 19.1. The van der Waals surface area contributed by atoms with E-state index in [1.165, 1.54) is 31.2 Å². The Morgan fingerprint density at radius 1 is 1.13 bits per heavy atom. The van der Waals surface area contributed by atoms with Crippen molar-refractivity contribution in [1.29, 1.82) is 0 Å². The Morgan fingerprint density at radius 2 is 1.70 bits per heavy atom. The lowest BCUT2D eigenvalue weighted by atomic mass is 10.0. The molecule has 0 saturated heterocycles. The van der Waals surface area contributed by atoms with Gasteiger partial charge in [0.1, 0.15) is 11.9 Å². The van der Waals surface area contributed by atoms with Crippen molar-refractivity contribution in [1.82, 2.24) is 10.6 Å². The van der Waals surface area contributed by atoms with E-state index in [0.717, 1.165) is 0 Å². The first-order valence-electron chi connectivity index (χ1n) is 7.71. The lowest BCUT2D eigenvalue weighted by molar-refractivity contribution is -0.129. The van der Waals surface area contributed by atoms with Crippen LogP contribution in [0.25, 0.3) is 0 Å². The summed E-state index contributed by atoms with van der Waals surface area (Å²) in [4.78, 5) is 23.4. The standard InChI is InChI=1S/C17H25FN2O3/c1-10(2)16(20-12(4)21)17(23)19-11(3)9-15(22)13-5-7-14(18)8-6-13/h5-8,10-11,15-16,22H,9H2,1-4H3,(H,19,23)(H,20,21). The molecule has 1 aromatic rings. The zero-order chi connectivity index (χ0) is 17.6. The Kier molecular flexibility index (Phi) is 7.16. The van der Waals surface area contributed by atoms with Crippen molar-refractivity contribution in [3.63, 3.8) is 0 Å². The lowest BCUT2D eigenvalue weighted by Gasteiger charge is -2.24. The monoisotopic (exact) mass is 324 g/mol. The molecule has 2 amide bonds. The van der Waals surface area contributed by atoms with E-state index in [9.17, 15) is 19.1 Å². The normalized spacial score (nSPS) is 14.9. The van der Waals surface area contributed by atoms with Crippen molar-refractivity contribution in [3.05, 3.63) is 35.6 Å². The van der Waals surface area contributed by atoms with Crippen LogP contribution in [0, 0.1) is 11.7 Å². The van der Waals surface area contributed by atoms with E-state index in [0.29, 0.717) is 12.0 Å². The number of carbonyl (C=O) groups excluding carboxylic acids is 2. The fourth-order valence-electron chi connectivity index (χ4n) is 2.30. The van der Waals surface area contributed by atoms with Gasteiger partial charge in [0.15, 0.2) is 0 Å². The molecule has 0 spiro atoms. The Labute approximate surface area is 136 Å². The van der Waals surface area contributed by atoms with Crippen LogP contribution in [0.15, 0.2) is 24.3 Å². The first-order valence-corrected chi connectivity index (χ1v) is 7.71. The third kappa shape index (κ3) is 6.36. The molecule has 0 aliphatic heterocycles. The first kappa shape index (κ1) is 19.1. The van der Waals surface area contributed by atoms with Crippen LogP contribution >= 0.6 is 0 Å². The van der Waals surface area contributed by atoms with Gasteiger partial charge in [0.2, 0.25) is 11.8 Å². The summed E-state index contributed by atoms with van der Waals surface area (Å²) in [5.74, 6) is -0.961. The number of aliphatic hydroxyl groups is 1. The van der Waals surface area contributed by atoms with Gasteiger partial charge in [0.25, 0.3) is 0 Å². The third-order valence-electron chi connectivity index (χ3n) is 3.53. The molecule has 0 heterocycles. The number of benzene rings is 1. The minimum absolute atomic E-state index is 0.0480. The Morgan fingerprint density at radius 3 is 2.17 bits per heavy atom. The molecule has 6 heteroatoms. The SMILES string of the molecule is CC(=O)NC(C(=O)NC(C)CC(O)c1ccc(F)cc1)C(C)C. The molecule has 3 N–H and O–H groups in total. The number of nitrogens with one attached hydrogen (secondary N) is 2. The summed E-state index contributed by atoms with van der Waals surface area (Å²) >= 11 is 0. The maximum atomic E-state index is 12.9. The van der Waals surface area contributed by atoms with E-state index >= 15 is 0 Å². The topological polar surface area (TPSA) is 78.4 Å². The van der Waals surface area contributed by atoms with Gasteiger partial charge < -0.3 is 15.7 Å². The van der Waals surface area contributed by atoms with E-state index in [-0.39, 0.29) is 29.6 Å². The summed E-state index contributed by atoms with van der Waals surface area (Å²) in [5.41, 5.74) is 0.592. The van der Waals surface area contributed by atoms with Crippen LogP contribution in [-0.2, 0) is 9.59 Å². The zero-order valence-electron chi connectivity index (χ0n) is 14.0. The molecule has 0 bridgehead atoms. The Bertz CT molecular complexity index is 531. The molecule has 3 atom stereocenters. The van der Waals surface area contributed by atoms with Crippen LogP contribution in [0.5, 0.6) is 0 Å². The van der Waals surface area contributed by atoms with E-state index in [1.54, 1.807) is 6.92 Å². The van der Waals surface area contributed by atoms with Crippen LogP contribution < -0.4 is 10.6 Å². The summed E-state index contributed by atoms with van der Waals surface area (Å²) < 4.78 is 12.9. The lowest BCUT2D eigenvalue weighted by Crippen LogP contribution is -2.51. The summed E-state index contributed by atoms with van der Waals surface area (Å²) in [5, 5.41) is 15.6. The van der Waals surface area contributed by atoms with Crippen LogP contribution in [0.1, 0.15) is 45.8 Å². The first-order chi connectivity index (χ1) is 10.7. The average molecular weight is 324 g/mol. The quantitative estimate of drug-likeness (QED) is 0.717. The van der Waals surface area contributed by atoms with Crippen LogP contribution in [0.4, 0.5) is 4.39 Å². The van der Waals surface area contributed by atoms with Crippen molar-refractivity contribution in [3.8, 4) is 0 Å². The second-order valence-electron chi connectivity index (χ2n) is 6.13. The second kappa shape index (κ2) is 8.62. The molecule has 0 fully saturated rings. The van der Waals surface area contributed by atoms with Gasteiger partial charge in [-0.25, -0.2) is 4.39 Å². The van der Waals surface area contributed by atoms with Crippen LogP contribution in [0.3, 0.4) is 0 Å². The highest BCUT2D eigenvalue weighted by molar-refractivity contribution is 5.87. The van der Waals surface area contributed by atoms with Crippen LogP contribution in [0.2, 0.25) is 0 Å². The Hall–Kier alpha value is -1.95. The summed E-state index contributed by atoms with van der Waals surface area (Å²) in [6, 6.07) is 4.70. The van der Waals surface area contributed by atoms with Gasteiger partial charge >= 0.3 is 0 Å². The summed E-state index contributed by atoms with van der Waals surface area (Å²) in [6.07, 6.45) is -0.508. The van der Waals surface area contributed by atoms with Crippen molar-refractivity contribution in [2.75, 3.05) is 0 Å². The number of hydrogen-bond acceptors (Lipinski definition) is 3. The van der Waals surface area contributed by atoms with Gasteiger partial charge in [-0.1, -0.05) is 26.0 Å². The number of carbonyl (C=O) groups is 2. The van der Waals surface area contributed by atoms with Crippen molar-refractivity contribution in [2.45, 2.75) is 52.3 Å². The van der Waals surface area contributed by atoms with E-state index in [1.807, 2.05) is 13.8 Å². The highest BCUT2D eigenvalue weighted by Gasteiger charge is 2.24. The molecule has 0 saturated carbocycles. The van der Waals surface area contributed by atoms with Crippen molar-refractivity contribution >= 4 is 11.8 Å². The fraction of sp³-hybridized carbons (Fsp3) is 0.529. The zero-order valence-corrected chi connectivity index (χ0v) is 14.0. The van der Waals surface area contributed by atoms with Gasteiger partial charge in [-0.15, -0.1) is 0 Å². The highest BCUT2D eigenvalue weighted by Crippen LogP contribution is 2.18. The van der Waals surface area contributed by atoms with E-state index in [2.05, 4.69) is 10.6 Å². The molecule has 5 nitrogen and oxygen atoms in total. The Balaban J connectivity index is 2.60. The third-order valence-corrected chi connectivity index (χ3v) is 3.53. The number of amides is 2. The molecule has 3 unspecified atom stereocenters. The number of halogens is 1. The van der Waals surface area contributed by atoms with E-state index in [4.69, 9.17) is 0 Å².